The molecule has 0 saturated heterocycles. The Balaban J connectivity index is 4.11. The van der Waals surface area contributed by atoms with Crippen molar-refractivity contribution in [2.75, 3.05) is 20.2 Å². The van der Waals surface area contributed by atoms with Gasteiger partial charge in [-0.3, -0.25) is 4.79 Å². The Hall–Kier alpha value is -0.730. The first-order valence-electron chi connectivity index (χ1n) is 7.92. The van der Waals surface area contributed by atoms with E-state index in [1.54, 1.807) is 0 Å². The lowest BCUT2D eigenvalue weighted by molar-refractivity contribution is -0.138. The predicted molar refractivity (Wildman–Crippen MR) is 82.1 cm³/mol. The number of aliphatic hydroxyl groups excluding tert-OH is 5. The Kier molecular flexibility index (Phi) is 11.4. The largest absolute Gasteiger partial charge is 0.394 e. The SMILES string of the molecule is CCCCCCCC(=O)N(C)C[C@H](O)[C@@H](O)[C@H](O)[C@@H](O)CO. The topological polar surface area (TPSA) is 121 Å². The van der Waals surface area contributed by atoms with E-state index < -0.39 is 31.0 Å². The van der Waals surface area contributed by atoms with Crippen LogP contribution in [0.1, 0.15) is 45.4 Å². The highest BCUT2D eigenvalue weighted by Gasteiger charge is 2.31. The molecule has 0 rings (SSSR count). The van der Waals surface area contributed by atoms with E-state index in [-0.39, 0.29) is 12.5 Å². The summed E-state index contributed by atoms with van der Waals surface area (Å²) in [4.78, 5) is 13.2. The highest BCUT2D eigenvalue weighted by molar-refractivity contribution is 5.75. The zero-order valence-electron chi connectivity index (χ0n) is 13.6. The van der Waals surface area contributed by atoms with Crippen LogP contribution in [0, 0.1) is 0 Å². The Labute approximate surface area is 132 Å². The molecule has 5 N–H and O–H groups in total. The van der Waals surface area contributed by atoms with Crippen LogP contribution in [0.4, 0.5) is 0 Å². The van der Waals surface area contributed by atoms with E-state index in [0.717, 1.165) is 32.1 Å². The maximum atomic E-state index is 11.9. The third-order valence-corrected chi connectivity index (χ3v) is 3.71. The molecule has 0 radical (unpaired) electrons. The molecule has 0 spiro atoms. The molecule has 0 aromatic rings. The van der Waals surface area contributed by atoms with Crippen LogP contribution in [0.25, 0.3) is 0 Å². The number of rotatable bonds is 12. The van der Waals surface area contributed by atoms with E-state index in [2.05, 4.69) is 6.92 Å². The van der Waals surface area contributed by atoms with Crippen LogP contribution >= 0.6 is 0 Å². The minimum Gasteiger partial charge on any atom is -0.394 e. The van der Waals surface area contributed by atoms with Crippen LogP contribution in [0.15, 0.2) is 0 Å². The van der Waals surface area contributed by atoms with Gasteiger partial charge in [-0.1, -0.05) is 32.6 Å². The number of nitrogens with zero attached hydrogens (tertiary/aromatic N) is 1. The summed E-state index contributed by atoms with van der Waals surface area (Å²) in [6.45, 7) is 1.25. The summed E-state index contributed by atoms with van der Waals surface area (Å²) >= 11 is 0. The summed E-state index contributed by atoms with van der Waals surface area (Å²) in [5.41, 5.74) is 0. The molecule has 0 bridgehead atoms. The first-order valence-corrected chi connectivity index (χ1v) is 7.92. The second-order valence-corrected chi connectivity index (χ2v) is 5.74. The number of hydrogen-bond donors (Lipinski definition) is 5. The molecule has 4 atom stereocenters. The van der Waals surface area contributed by atoms with E-state index in [0.29, 0.717) is 6.42 Å². The van der Waals surface area contributed by atoms with Gasteiger partial charge in [0.2, 0.25) is 5.91 Å². The highest BCUT2D eigenvalue weighted by Crippen LogP contribution is 2.09. The van der Waals surface area contributed by atoms with Crippen molar-refractivity contribution >= 4 is 5.91 Å². The van der Waals surface area contributed by atoms with Crippen LogP contribution in [-0.2, 0) is 4.79 Å². The van der Waals surface area contributed by atoms with Crippen molar-refractivity contribution in [2.45, 2.75) is 69.9 Å². The van der Waals surface area contributed by atoms with E-state index in [1.807, 2.05) is 0 Å². The molecule has 0 aliphatic rings. The Morgan fingerprint density at radius 1 is 0.955 bits per heavy atom. The number of likely N-dealkylation sites (N-methyl/N-ethyl adjacent to an activating group) is 1. The van der Waals surface area contributed by atoms with E-state index in [4.69, 9.17) is 5.11 Å². The van der Waals surface area contributed by atoms with Crippen molar-refractivity contribution in [3.63, 3.8) is 0 Å². The lowest BCUT2D eigenvalue weighted by Crippen LogP contribution is -2.49. The Morgan fingerprint density at radius 2 is 1.50 bits per heavy atom. The van der Waals surface area contributed by atoms with Gasteiger partial charge in [0, 0.05) is 20.0 Å². The number of amides is 1. The fraction of sp³-hybridized carbons (Fsp3) is 0.933. The molecule has 7 nitrogen and oxygen atoms in total. The molecule has 0 aliphatic carbocycles. The van der Waals surface area contributed by atoms with Crippen molar-refractivity contribution in [1.82, 2.24) is 4.90 Å². The van der Waals surface area contributed by atoms with E-state index >= 15 is 0 Å². The second kappa shape index (κ2) is 11.8. The van der Waals surface area contributed by atoms with E-state index in [9.17, 15) is 25.2 Å². The summed E-state index contributed by atoms with van der Waals surface area (Å²) in [6, 6.07) is 0. The lowest BCUT2D eigenvalue weighted by atomic mass is 10.0. The van der Waals surface area contributed by atoms with Gasteiger partial charge in [-0.2, -0.15) is 0 Å². The molecule has 0 fully saturated rings. The van der Waals surface area contributed by atoms with Crippen LogP contribution in [0.3, 0.4) is 0 Å². The average Bonchev–Trinajstić information content (AvgIpc) is 2.51. The third kappa shape index (κ3) is 8.05. The standard InChI is InChI=1S/C15H31NO6/c1-3-4-5-6-7-8-13(20)16(2)9-11(18)14(21)15(22)12(19)10-17/h11-12,14-15,17-19,21-22H,3-10H2,1-2H3/t11-,12-,14+,15+/m0/s1. The first-order chi connectivity index (χ1) is 10.3. The molecular weight excluding hydrogens is 290 g/mol. The number of carbonyl (C=O) groups excluding carboxylic acids is 1. The van der Waals surface area contributed by atoms with Crippen molar-refractivity contribution in [3.05, 3.63) is 0 Å². The molecule has 22 heavy (non-hydrogen) atoms. The third-order valence-electron chi connectivity index (χ3n) is 3.71. The van der Waals surface area contributed by atoms with Gasteiger partial charge in [0.15, 0.2) is 0 Å². The molecule has 7 heteroatoms. The average molecular weight is 321 g/mol. The van der Waals surface area contributed by atoms with Crippen molar-refractivity contribution < 1.29 is 30.3 Å². The predicted octanol–water partition coefficient (Wildman–Crippen LogP) is -0.759. The number of unbranched alkanes of at least 4 members (excludes halogenated alkanes) is 4. The zero-order chi connectivity index (χ0) is 17.1. The molecule has 0 aliphatic heterocycles. The number of hydrogen-bond acceptors (Lipinski definition) is 6. The normalized spacial score (nSPS) is 16.9. The summed E-state index contributed by atoms with van der Waals surface area (Å²) in [6.07, 6.45) is -0.701. The van der Waals surface area contributed by atoms with Crippen LogP contribution < -0.4 is 0 Å². The van der Waals surface area contributed by atoms with Gasteiger partial charge in [0.25, 0.3) is 0 Å². The fourth-order valence-electron chi connectivity index (χ4n) is 2.12. The Bertz CT molecular complexity index is 302. The quantitative estimate of drug-likeness (QED) is 0.301. The molecule has 0 unspecified atom stereocenters. The monoisotopic (exact) mass is 321 g/mol. The number of carbonyl (C=O) groups is 1. The van der Waals surface area contributed by atoms with Crippen LogP contribution in [0.2, 0.25) is 0 Å². The highest BCUT2D eigenvalue weighted by atomic mass is 16.4. The minimum atomic E-state index is -1.67. The van der Waals surface area contributed by atoms with Gasteiger partial charge >= 0.3 is 0 Å². The molecule has 0 aromatic heterocycles. The first kappa shape index (κ1) is 21.3. The Morgan fingerprint density at radius 3 is 2.05 bits per heavy atom. The van der Waals surface area contributed by atoms with Crippen LogP contribution in [0.5, 0.6) is 0 Å². The lowest BCUT2D eigenvalue weighted by Gasteiger charge is -2.28. The molecule has 132 valence electrons. The van der Waals surface area contributed by atoms with Gasteiger partial charge in [-0.15, -0.1) is 0 Å². The van der Waals surface area contributed by atoms with Gasteiger partial charge < -0.3 is 30.4 Å². The van der Waals surface area contributed by atoms with E-state index in [1.165, 1.54) is 11.9 Å². The van der Waals surface area contributed by atoms with Crippen molar-refractivity contribution in [3.8, 4) is 0 Å². The zero-order valence-corrected chi connectivity index (χ0v) is 13.6. The summed E-state index contributed by atoms with van der Waals surface area (Å²) in [5, 5.41) is 46.9. The molecule has 1 amide bonds. The molecular formula is C15H31NO6. The van der Waals surface area contributed by atoms with Gasteiger partial charge in [0.05, 0.1) is 6.61 Å². The maximum Gasteiger partial charge on any atom is 0.222 e. The molecule has 0 saturated carbocycles. The summed E-state index contributed by atoms with van der Waals surface area (Å²) in [7, 11) is 1.51. The fourth-order valence-corrected chi connectivity index (χ4v) is 2.12. The molecule has 0 heterocycles. The smallest absolute Gasteiger partial charge is 0.222 e. The minimum absolute atomic E-state index is 0.139. The van der Waals surface area contributed by atoms with Crippen molar-refractivity contribution in [2.24, 2.45) is 0 Å². The second-order valence-electron chi connectivity index (χ2n) is 5.74. The summed E-state index contributed by atoms with van der Waals surface area (Å²) in [5.74, 6) is -0.139. The van der Waals surface area contributed by atoms with Crippen molar-refractivity contribution in [1.29, 1.82) is 0 Å². The van der Waals surface area contributed by atoms with Gasteiger partial charge in [-0.05, 0) is 6.42 Å². The summed E-state index contributed by atoms with van der Waals surface area (Å²) < 4.78 is 0. The maximum absolute atomic E-state index is 11.9. The molecule has 0 aromatic carbocycles. The van der Waals surface area contributed by atoms with Crippen LogP contribution in [-0.4, -0.2) is 81.0 Å². The number of aliphatic hydroxyl groups is 5. The van der Waals surface area contributed by atoms with Gasteiger partial charge in [0.1, 0.15) is 24.4 Å². The van der Waals surface area contributed by atoms with Gasteiger partial charge in [-0.25, -0.2) is 0 Å².